The Hall–Kier alpha value is -2.93. The molecule has 0 aliphatic carbocycles. The normalized spacial score (nSPS) is 13.4. The van der Waals surface area contributed by atoms with E-state index in [-0.39, 0.29) is 18.4 Å². The van der Waals surface area contributed by atoms with Crippen molar-refractivity contribution in [2.45, 2.75) is 0 Å². The molecule has 1 heterocycles. The zero-order valence-corrected chi connectivity index (χ0v) is 14.7. The van der Waals surface area contributed by atoms with Crippen LogP contribution in [0.1, 0.15) is 10.4 Å². The van der Waals surface area contributed by atoms with E-state index >= 15 is 0 Å². The van der Waals surface area contributed by atoms with Crippen LogP contribution in [0.15, 0.2) is 42.5 Å². The predicted octanol–water partition coefficient (Wildman–Crippen LogP) is 2.36. The lowest BCUT2D eigenvalue weighted by Crippen LogP contribution is -2.42. The number of halogens is 1. The Morgan fingerprint density at radius 3 is 2.65 bits per heavy atom. The third-order valence-corrected chi connectivity index (χ3v) is 4.04. The van der Waals surface area contributed by atoms with Gasteiger partial charge < -0.3 is 19.9 Å². The van der Waals surface area contributed by atoms with Gasteiger partial charge in [-0.2, -0.15) is 0 Å². The highest BCUT2D eigenvalue weighted by Crippen LogP contribution is 2.34. The number of benzene rings is 2. The summed E-state index contributed by atoms with van der Waals surface area (Å²) in [5, 5.41) is 2.76. The Morgan fingerprint density at radius 1 is 1.23 bits per heavy atom. The van der Waals surface area contributed by atoms with Gasteiger partial charge in [-0.05, 0) is 56.6 Å². The van der Waals surface area contributed by atoms with Crippen molar-refractivity contribution in [3.63, 3.8) is 0 Å². The molecule has 0 atom stereocenters. The van der Waals surface area contributed by atoms with E-state index in [0.717, 1.165) is 0 Å². The van der Waals surface area contributed by atoms with Crippen LogP contribution in [0.5, 0.6) is 5.75 Å². The van der Waals surface area contributed by atoms with E-state index in [1.165, 1.54) is 24.3 Å². The number of carbonyl (C=O) groups excluding carboxylic acids is 2. The van der Waals surface area contributed by atoms with Gasteiger partial charge in [-0.15, -0.1) is 0 Å². The van der Waals surface area contributed by atoms with Crippen LogP contribution in [0.3, 0.4) is 0 Å². The van der Waals surface area contributed by atoms with Crippen LogP contribution in [0.2, 0.25) is 0 Å². The van der Waals surface area contributed by atoms with Crippen molar-refractivity contribution in [1.29, 1.82) is 0 Å². The van der Waals surface area contributed by atoms with E-state index in [1.54, 1.807) is 23.1 Å². The number of carbonyl (C=O) groups is 2. The number of hydrogen-bond donors (Lipinski definition) is 1. The fourth-order valence-corrected chi connectivity index (χ4v) is 2.63. The van der Waals surface area contributed by atoms with Crippen molar-refractivity contribution in [3.05, 3.63) is 53.8 Å². The van der Waals surface area contributed by atoms with Gasteiger partial charge >= 0.3 is 0 Å². The predicted molar refractivity (Wildman–Crippen MR) is 97.2 cm³/mol. The van der Waals surface area contributed by atoms with E-state index in [0.29, 0.717) is 35.8 Å². The largest absolute Gasteiger partial charge is 0.482 e. The molecule has 0 aromatic heterocycles. The fraction of sp³-hybridized carbons (Fsp3) is 0.263. The number of fused-ring (bicyclic) bond motifs is 1. The number of nitrogens with zero attached hydrogens (tertiary/aromatic N) is 2. The summed E-state index contributed by atoms with van der Waals surface area (Å²) in [4.78, 5) is 28.2. The van der Waals surface area contributed by atoms with Crippen LogP contribution in [0.25, 0.3) is 0 Å². The lowest BCUT2D eigenvalue weighted by Gasteiger charge is -2.30. The highest BCUT2D eigenvalue weighted by molar-refractivity contribution is 6.05. The summed E-state index contributed by atoms with van der Waals surface area (Å²) in [7, 11) is 3.87. The summed E-state index contributed by atoms with van der Waals surface area (Å²) in [5.41, 5.74) is 1.51. The standard InChI is InChI=1S/C19H20FN3O3/c1-22(2)9-10-23-16-11-15(7-8-17(16)26-12-18(23)24)21-19(25)13-3-5-14(20)6-4-13/h3-8,11H,9-10,12H2,1-2H3,(H,21,25). The first-order valence-electron chi connectivity index (χ1n) is 8.23. The summed E-state index contributed by atoms with van der Waals surface area (Å²) in [5.74, 6) is -0.278. The maximum absolute atomic E-state index is 13.0. The molecule has 1 aliphatic heterocycles. The molecule has 0 saturated carbocycles. The molecule has 2 aromatic carbocycles. The van der Waals surface area contributed by atoms with E-state index < -0.39 is 5.82 Å². The summed E-state index contributed by atoms with van der Waals surface area (Å²) in [6, 6.07) is 10.4. The molecular formula is C19H20FN3O3. The van der Waals surface area contributed by atoms with Crippen molar-refractivity contribution < 1.29 is 18.7 Å². The molecule has 0 fully saturated rings. The minimum absolute atomic E-state index is 0.00170. The summed E-state index contributed by atoms with van der Waals surface area (Å²) < 4.78 is 18.5. The maximum atomic E-state index is 13.0. The van der Waals surface area contributed by atoms with Gasteiger partial charge in [0.15, 0.2) is 6.61 Å². The first-order chi connectivity index (χ1) is 12.4. The molecule has 1 aliphatic rings. The molecular weight excluding hydrogens is 337 g/mol. The van der Waals surface area contributed by atoms with E-state index in [1.807, 2.05) is 19.0 Å². The Balaban J connectivity index is 1.81. The molecule has 2 aromatic rings. The molecule has 0 saturated heterocycles. The summed E-state index contributed by atoms with van der Waals surface area (Å²) in [6.45, 7) is 1.23. The number of hydrogen-bond acceptors (Lipinski definition) is 4. The quantitative estimate of drug-likeness (QED) is 0.892. The van der Waals surface area contributed by atoms with Gasteiger partial charge in [0.1, 0.15) is 11.6 Å². The number of anilines is 2. The van der Waals surface area contributed by atoms with Crippen molar-refractivity contribution >= 4 is 23.2 Å². The summed E-state index contributed by atoms with van der Waals surface area (Å²) in [6.07, 6.45) is 0. The molecule has 7 heteroatoms. The van der Waals surface area contributed by atoms with Crippen LogP contribution >= 0.6 is 0 Å². The molecule has 0 unspecified atom stereocenters. The van der Waals surface area contributed by atoms with E-state index in [2.05, 4.69) is 5.32 Å². The average Bonchev–Trinajstić information content (AvgIpc) is 2.61. The number of ether oxygens (including phenoxy) is 1. The molecule has 0 spiro atoms. The highest BCUT2D eigenvalue weighted by atomic mass is 19.1. The van der Waals surface area contributed by atoms with Crippen molar-refractivity contribution in [2.75, 3.05) is 44.0 Å². The maximum Gasteiger partial charge on any atom is 0.265 e. The molecule has 136 valence electrons. The molecule has 1 N–H and O–H groups in total. The second-order valence-corrected chi connectivity index (χ2v) is 6.28. The van der Waals surface area contributed by atoms with E-state index in [9.17, 15) is 14.0 Å². The Kier molecular flexibility index (Phi) is 5.18. The van der Waals surface area contributed by atoms with Gasteiger partial charge in [0, 0.05) is 24.3 Å². The van der Waals surface area contributed by atoms with Crippen LogP contribution in [0, 0.1) is 5.82 Å². The van der Waals surface area contributed by atoms with Crippen molar-refractivity contribution in [2.24, 2.45) is 0 Å². The summed E-state index contributed by atoms with van der Waals surface area (Å²) >= 11 is 0. The molecule has 0 radical (unpaired) electrons. The second kappa shape index (κ2) is 7.53. The topological polar surface area (TPSA) is 61.9 Å². The number of nitrogens with one attached hydrogen (secondary N) is 1. The highest BCUT2D eigenvalue weighted by Gasteiger charge is 2.25. The van der Waals surface area contributed by atoms with E-state index in [4.69, 9.17) is 4.74 Å². The van der Waals surface area contributed by atoms with Crippen LogP contribution < -0.4 is 15.0 Å². The van der Waals surface area contributed by atoms with Crippen LogP contribution in [0.4, 0.5) is 15.8 Å². The smallest absolute Gasteiger partial charge is 0.265 e. The number of amides is 2. The average molecular weight is 357 g/mol. The van der Waals surface area contributed by atoms with Crippen molar-refractivity contribution in [3.8, 4) is 5.75 Å². The van der Waals surface area contributed by atoms with Crippen LogP contribution in [-0.2, 0) is 4.79 Å². The SMILES string of the molecule is CN(C)CCN1C(=O)COc2ccc(NC(=O)c3ccc(F)cc3)cc21. The molecule has 2 amide bonds. The van der Waals surface area contributed by atoms with Gasteiger partial charge in [0.25, 0.3) is 11.8 Å². The van der Waals surface area contributed by atoms with Gasteiger partial charge in [-0.3, -0.25) is 9.59 Å². The second-order valence-electron chi connectivity index (χ2n) is 6.28. The molecule has 0 bridgehead atoms. The van der Waals surface area contributed by atoms with Gasteiger partial charge in [-0.25, -0.2) is 4.39 Å². The molecule has 6 nitrogen and oxygen atoms in total. The van der Waals surface area contributed by atoms with Gasteiger partial charge in [-0.1, -0.05) is 0 Å². The zero-order valence-electron chi connectivity index (χ0n) is 14.7. The Bertz CT molecular complexity index is 821. The minimum atomic E-state index is -0.400. The first-order valence-corrected chi connectivity index (χ1v) is 8.23. The molecule has 3 rings (SSSR count). The molecule has 26 heavy (non-hydrogen) atoms. The monoisotopic (exact) mass is 357 g/mol. The number of rotatable bonds is 5. The fourth-order valence-electron chi connectivity index (χ4n) is 2.63. The lowest BCUT2D eigenvalue weighted by molar-refractivity contribution is -0.121. The Morgan fingerprint density at radius 2 is 1.96 bits per heavy atom. The zero-order chi connectivity index (χ0) is 18.7. The van der Waals surface area contributed by atoms with Gasteiger partial charge in [0.05, 0.1) is 5.69 Å². The Labute approximate surface area is 151 Å². The third kappa shape index (κ3) is 4.00. The third-order valence-electron chi connectivity index (χ3n) is 4.04. The van der Waals surface area contributed by atoms with Gasteiger partial charge in [0.2, 0.25) is 0 Å². The lowest BCUT2D eigenvalue weighted by atomic mass is 10.1. The van der Waals surface area contributed by atoms with Crippen LogP contribution in [-0.4, -0.2) is 50.5 Å². The van der Waals surface area contributed by atoms with Crippen molar-refractivity contribution in [1.82, 2.24) is 4.90 Å². The minimum Gasteiger partial charge on any atom is -0.482 e. The number of likely N-dealkylation sites (N-methyl/N-ethyl adjacent to an activating group) is 1. The first kappa shape index (κ1) is 17.9.